The molecule has 0 aromatic heterocycles. The number of ether oxygens (including phenoxy) is 1. The van der Waals surface area contributed by atoms with Gasteiger partial charge in [0.2, 0.25) is 11.8 Å². The minimum Gasteiger partial charge on any atom is -0.494 e. The van der Waals surface area contributed by atoms with E-state index in [1.54, 1.807) is 43.3 Å². The molecule has 0 bridgehead atoms. The molecule has 0 spiro atoms. The van der Waals surface area contributed by atoms with Gasteiger partial charge in [-0.25, -0.2) is 8.42 Å². The topological polar surface area (TPSA) is 96.0 Å². The zero-order valence-electron chi connectivity index (χ0n) is 22.5. The number of nitrogens with zero attached hydrogens (tertiary/aromatic N) is 2. The minimum atomic E-state index is -4.13. The van der Waals surface area contributed by atoms with Crippen molar-refractivity contribution in [2.45, 2.75) is 45.2 Å². The molecule has 1 atom stereocenters. The number of carbonyl (C=O) groups excluding carboxylic acids is 2. The van der Waals surface area contributed by atoms with Gasteiger partial charge in [-0.2, -0.15) is 0 Å². The lowest BCUT2D eigenvalue weighted by Gasteiger charge is -2.32. The molecule has 3 aromatic carbocycles. The molecule has 8 nitrogen and oxygen atoms in total. The Hall–Kier alpha value is -3.85. The van der Waals surface area contributed by atoms with Crippen molar-refractivity contribution >= 4 is 27.5 Å². The number of rotatable bonds is 11. The van der Waals surface area contributed by atoms with Crippen molar-refractivity contribution in [1.82, 2.24) is 10.2 Å². The zero-order chi connectivity index (χ0) is 27.9. The molecule has 2 amide bonds. The smallest absolute Gasteiger partial charge is 0.264 e. The van der Waals surface area contributed by atoms with Crippen molar-refractivity contribution in [1.29, 1.82) is 0 Å². The predicted octanol–water partition coefficient (Wildman–Crippen LogP) is 4.06. The third-order valence-electron chi connectivity index (χ3n) is 6.17. The fourth-order valence-electron chi connectivity index (χ4n) is 4.04. The average molecular weight is 538 g/mol. The Morgan fingerprint density at radius 2 is 1.61 bits per heavy atom. The molecule has 0 fully saturated rings. The maximum atomic E-state index is 13.8. The molecule has 1 N–H and O–H groups in total. The number of carbonyl (C=O) groups is 2. The van der Waals surface area contributed by atoms with Crippen molar-refractivity contribution in [3.05, 3.63) is 89.5 Å². The van der Waals surface area contributed by atoms with Crippen molar-refractivity contribution in [3.8, 4) is 5.75 Å². The predicted molar refractivity (Wildman–Crippen MR) is 149 cm³/mol. The first-order chi connectivity index (χ1) is 18.1. The molecule has 0 heterocycles. The normalized spacial score (nSPS) is 11.9. The van der Waals surface area contributed by atoms with Crippen LogP contribution in [0.4, 0.5) is 5.69 Å². The Morgan fingerprint density at radius 1 is 0.947 bits per heavy atom. The maximum Gasteiger partial charge on any atom is 0.264 e. The van der Waals surface area contributed by atoms with Crippen LogP contribution in [0.25, 0.3) is 0 Å². The molecule has 0 unspecified atom stereocenters. The van der Waals surface area contributed by atoms with Crippen molar-refractivity contribution in [3.63, 3.8) is 0 Å². The maximum absolute atomic E-state index is 13.8. The van der Waals surface area contributed by atoms with E-state index in [1.165, 1.54) is 24.1 Å². The molecule has 9 heteroatoms. The summed E-state index contributed by atoms with van der Waals surface area (Å²) < 4.78 is 34.2. The Kier molecular flexibility index (Phi) is 9.52. The SMILES string of the molecule is CCOc1ccc(S(=O)(=O)N(CC(=O)N(Cc2cccc(C)c2)[C@@H](C)C(=O)NC)c2ccc(C)cc2)cc1. The number of nitrogens with one attached hydrogen (secondary N) is 1. The van der Waals surface area contributed by atoms with Crippen molar-refractivity contribution in [2.24, 2.45) is 0 Å². The van der Waals surface area contributed by atoms with Gasteiger partial charge in [-0.05, 0) is 69.7 Å². The quantitative estimate of drug-likeness (QED) is 0.398. The van der Waals surface area contributed by atoms with E-state index in [4.69, 9.17) is 4.74 Å². The van der Waals surface area contributed by atoms with Crippen LogP contribution in [0, 0.1) is 13.8 Å². The van der Waals surface area contributed by atoms with E-state index in [0.29, 0.717) is 18.0 Å². The molecule has 38 heavy (non-hydrogen) atoms. The fraction of sp³-hybridized carbons (Fsp3) is 0.310. The third kappa shape index (κ3) is 6.92. The first kappa shape index (κ1) is 28.7. The molecule has 0 aliphatic heterocycles. The zero-order valence-corrected chi connectivity index (χ0v) is 23.3. The molecule has 0 radical (unpaired) electrons. The van der Waals surface area contributed by atoms with Gasteiger partial charge in [0.15, 0.2) is 0 Å². The Bertz CT molecular complexity index is 1360. The van der Waals surface area contributed by atoms with E-state index in [1.807, 2.05) is 45.0 Å². The molecular weight excluding hydrogens is 502 g/mol. The highest BCUT2D eigenvalue weighted by Crippen LogP contribution is 2.26. The van der Waals surface area contributed by atoms with E-state index in [0.717, 1.165) is 21.0 Å². The summed E-state index contributed by atoms with van der Waals surface area (Å²) in [6.45, 7) is 7.44. The number of anilines is 1. The number of likely N-dealkylation sites (N-methyl/N-ethyl adjacent to an activating group) is 1. The van der Waals surface area contributed by atoms with E-state index in [9.17, 15) is 18.0 Å². The van der Waals surface area contributed by atoms with Crippen LogP contribution in [-0.4, -0.2) is 51.4 Å². The van der Waals surface area contributed by atoms with Gasteiger partial charge in [-0.3, -0.25) is 13.9 Å². The van der Waals surface area contributed by atoms with Crippen LogP contribution in [0.1, 0.15) is 30.5 Å². The molecule has 0 saturated carbocycles. The standard InChI is InChI=1S/C29H35N3O5S/c1-6-37-26-14-16-27(17-15-26)38(35,36)32(25-12-10-21(2)11-13-25)20-28(33)31(23(4)29(34)30-5)19-24-9-7-8-22(3)18-24/h7-18,23H,6,19-20H2,1-5H3,(H,30,34)/t23-/m0/s1. The summed E-state index contributed by atoms with van der Waals surface area (Å²) in [5.41, 5.74) is 3.15. The van der Waals surface area contributed by atoms with E-state index in [2.05, 4.69) is 5.32 Å². The monoisotopic (exact) mass is 537 g/mol. The second-order valence-corrected chi connectivity index (χ2v) is 10.9. The summed E-state index contributed by atoms with van der Waals surface area (Å²) in [6.07, 6.45) is 0. The van der Waals surface area contributed by atoms with Crippen LogP contribution in [0.5, 0.6) is 5.75 Å². The van der Waals surface area contributed by atoms with Crippen LogP contribution >= 0.6 is 0 Å². The van der Waals surface area contributed by atoms with Crippen LogP contribution in [0.2, 0.25) is 0 Å². The molecule has 0 aliphatic carbocycles. The van der Waals surface area contributed by atoms with Gasteiger partial charge in [0.05, 0.1) is 17.2 Å². The van der Waals surface area contributed by atoms with Crippen LogP contribution in [0.3, 0.4) is 0 Å². The molecule has 3 aromatic rings. The number of sulfonamides is 1. The Balaban J connectivity index is 2.01. The van der Waals surface area contributed by atoms with Crippen molar-refractivity contribution in [2.75, 3.05) is 24.5 Å². The number of aryl methyl sites for hydroxylation is 2. The van der Waals surface area contributed by atoms with Gasteiger partial charge >= 0.3 is 0 Å². The highest BCUT2D eigenvalue weighted by molar-refractivity contribution is 7.92. The van der Waals surface area contributed by atoms with Gasteiger partial charge in [0.25, 0.3) is 10.0 Å². The molecule has 202 valence electrons. The summed E-state index contributed by atoms with van der Waals surface area (Å²) in [5, 5.41) is 2.58. The molecule has 0 aliphatic rings. The van der Waals surface area contributed by atoms with Crippen LogP contribution < -0.4 is 14.4 Å². The number of hydrogen-bond donors (Lipinski definition) is 1. The van der Waals surface area contributed by atoms with Gasteiger partial charge in [0.1, 0.15) is 18.3 Å². The van der Waals surface area contributed by atoms with E-state index < -0.39 is 28.5 Å². The average Bonchev–Trinajstić information content (AvgIpc) is 2.90. The fourth-order valence-corrected chi connectivity index (χ4v) is 5.45. The van der Waals surface area contributed by atoms with Gasteiger partial charge in [0, 0.05) is 13.6 Å². The van der Waals surface area contributed by atoms with E-state index >= 15 is 0 Å². The second kappa shape index (κ2) is 12.6. The third-order valence-corrected chi connectivity index (χ3v) is 7.96. The lowest BCUT2D eigenvalue weighted by atomic mass is 10.1. The largest absolute Gasteiger partial charge is 0.494 e. The number of amides is 2. The van der Waals surface area contributed by atoms with Gasteiger partial charge in [-0.15, -0.1) is 0 Å². The highest BCUT2D eigenvalue weighted by Gasteiger charge is 2.32. The highest BCUT2D eigenvalue weighted by atomic mass is 32.2. The molecule has 3 rings (SSSR count). The number of benzene rings is 3. The summed E-state index contributed by atoms with van der Waals surface area (Å²) in [4.78, 5) is 27.8. The van der Waals surface area contributed by atoms with Gasteiger partial charge < -0.3 is 15.0 Å². The summed E-state index contributed by atoms with van der Waals surface area (Å²) in [7, 11) is -2.63. The molecule has 0 saturated heterocycles. The van der Waals surface area contributed by atoms with Crippen LogP contribution in [0.15, 0.2) is 77.7 Å². The molecular formula is C29H35N3O5S. The lowest BCUT2D eigenvalue weighted by Crippen LogP contribution is -2.50. The summed E-state index contributed by atoms with van der Waals surface area (Å²) in [5.74, 6) is -0.298. The Morgan fingerprint density at radius 3 is 2.18 bits per heavy atom. The van der Waals surface area contributed by atoms with Crippen molar-refractivity contribution < 1.29 is 22.7 Å². The van der Waals surface area contributed by atoms with E-state index in [-0.39, 0.29) is 17.3 Å². The van der Waals surface area contributed by atoms with Gasteiger partial charge in [-0.1, -0.05) is 47.5 Å². The summed E-state index contributed by atoms with van der Waals surface area (Å²) in [6, 6.07) is 19.8. The Labute approximate surface area is 225 Å². The lowest BCUT2D eigenvalue weighted by molar-refractivity contribution is -0.139. The summed E-state index contributed by atoms with van der Waals surface area (Å²) >= 11 is 0. The minimum absolute atomic E-state index is 0.0268. The first-order valence-corrected chi connectivity index (χ1v) is 13.9. The second-order valence-electron chi connectivity index (χ2n) is 9.05. The number of hydrogen-bond acceptors (Lipinski definition) is 5. The first-order valence-electron chi connectivity index (χ1n) is 12.5. The van der Waals surface area contributed by atoms with Crippen LogP contribution in [-0.2, 0) is 26.2 Å².